The van der Waals surface area contributed by atoms with E-state index in [1.807, 2.05) is 36.4 Å². The number of hydrogen-bond acceptors (Lipinski definition) is 3. The molecule has 6 heteroatoms. The summed E-state index contributed by atoms with van der Waals surface area (Å²) in [5, 5.41) is 17.1. The molecule has 4 rings (SSSR count). The van der Waals surface area contributed by atoms with E-state index in [4.69, 9.17) is 26.7 Å². The highest BCUT2D eigenvalue weighted by Crippen LogP contribution is 2.23. The van der Waals surface area contributed by atoms with Crippen LogP contribution in [0.3, 0.4) is 0 Å². The van der Waals surface area contributed by atoms with E-state index in [9.17, 15) is 0 Å². The van der Waals surface area contributed by atoms with E-state index >= 15 is 0 Å². The van der Waals surface area contributed by atoms with Gasteiger partial charge in [0.1, 0.15) is 23.0 Å². The molecular weight excluding hydrogens is 326 g/mol. The second-order valence-electron chi connectivity index (χ2n) is 6.39. The Kier molecular flexibility index (Phi) is 3.73. The minimum Gasteiger partial charge on any atom is -0.461 e. The van der Waals surface area contributed by atoms with Gasteiger partial charge in [-0.2, -0.15) is 0 Å². The highest BCUT2D eigenvalue weighted by atomic mass is 16.3. The van der Waals surface area contributed by atoms with Crippen LogP contribution in [0.4, 0.5) is 0 Å². The van der Waals surface area contributed by atoms with Crippen LogP contribution in [0.1, 0.15) is 22.6 Å². The van der Waals surface area contributed by atoms with Crippen molar-refractivity contribution in [3.63, 3.8) is 0 Å². The van der Waals surface area contributed by atoms with Crippen LogP contribution in [0, 0.1) is 10.8 Å². The van der Waals surface area contributed by atoms with Crippen LogP contribution in [-0.2, 0) is 12.8 Å². The largest absolute Gasteiger partial charge is 0.461 e. The third-order valence-corrected chi connectivity index (χ3v) is 4.51. The van der Waals surface area contributed by atoms with E-state index in [0.717, 1.165) is 46.2 Å². The van der Waals surface area contributed by atoms with Gasteiger partial charge < -0.3 is 20.9 Å². The van der Waals surface area contributed by atoms with Gasteiger partial charge >= 0.3 is 0 Å². The van der Waals surface area contributed by atoms with Crippen molar-refractivity contribution in [1.82, 2.24) is 4.98 Å². The zero-order valence-corrected chi connectivity index (χ0v) is 14.1. The molecule has 0 aliphatic heterocycles. The number of nitrogen functional groups attached to an aromatic ring is 2. The third kappa shape index (κ3) is 2.93. The second-order valence-corrected chi connectivity index (χ2v) is 6.39. The molecule has 4 aromatic rings. The first-order valence-electron chi connectivity index (χ1n) is 8.32. The highest BCUT2D eigenvalue weighted by Gasteiger charge is 2.08. The quantitative estimate of drug-likeness (QED) is 0.281. The second kappa shape index (κ2) is 6.07. The molecule has 2 aromatic heterocycles. The third-order valence-electron chi connectivity index (χ3n) is 4.51. The average molecular weight is 345 g/mol. The molecule has 6 nitrogen and oxygen atoms in total. The summed E-state index contributed by atoms with van der Waals surface area (Å²) in [6.45, 7) is 0. The standard InChI is InChI=1S/C20H19N5O/c21-19(22)12-3-6-18-14(7-12)9-16(26-18)5-4-15-8-11-1-2-13(20(23)24)10-17(11)25-15/h1-3,6-10,25H,4-5H2,(H3,21,22)(H3,23,24). The molecule has 0 aliphatic rings. The summed E-state index contributed by atoms with van der Waals surface area (Å²) < 4.78 is 5.88. The molecule has 0 amide bonds. The number of aryl methyl sites for hydroxylation is 2. The van der Waals surface area contributed by atoms with Crippen molar-refractivity contribution in [2.45, 2.75) is 12.8 Å². The number of aromatic nitrogens is 1. The minimum absolute atomic E-state index is 0.0534. The highest BCUT2D eigenvalue weighted by molar-refractivity contribution is 5.99. The van der Waals surface area contributed by atoms with Crippen molar-refractivity contribution >= 4 is 33.5 Å². The summed E-state index contributed by atoms with van der Waals surface area (Å²) in [6, 6.07) is 15.3. The SMILES string of the molecule is N=C(N)c1ccc2oc(CCc3cc4ccc(C(=N)N)cc4[nH]3)cc2c1. The van der Waals surface area contributed by atoms with Gasteiger partial charge in [-0.25, -0.2) is 0 Å². The molecule has 0 fully saturated rings. The Morgan fingerprint density at radius 3 is 2.35 bits per heavy atom. The van der Waals surface area contributed by atoms with Gasteiger partial charge in [-0.1, -0.05) is 12.1 Å². The molecule has 7 N–H and O–H groups in total. The van der Waals surface area contributed by atoms with Gasteiger partial charge in [0.25, 0.3) is 0 Å². The van der Waals surface area contributed by atoms with Crippen molar-refractivity contribution in [3.8, 4) is 0 Å². The number of amidine groups is 2. The molecule has 0 saturated carbocycles. The zero-order valence-electron chi connectivity index (χ0n) is 14.1. The fraction of sp³-hybridized carbons (Fsp3) is 0.100. The summed E-state index contributed by atoms with van der Waals surface area (Å²) >= 11 is 0. The fourth-order valence-electron chi connectivity index (χ4n) is 3.14. The summed E-state index contributed by atoms with van der Waals surface area (Å²) in [5.74, 6) is 1.01. The van der Waals surface area contributed by atoms with Crippen LogP contribution in [0.2, 0.25) is 0 Å². The number of aromatic amines is 1. The molecule has 26 heavy (non-hydrogen) atoms. The molecule has 2 heterocycles. The van der Waals surface area contributed by atoms with Crippen LogP contribution in [0.5, 0.6) is 0 Å². The molecule has 0 saturated heterocycles. The number of fused-ring (bicyclic) bond motifs is 2. The number of nitrogens with two attached hydrogens (primary N) is 2. The number of H-pyrrole nitrogens is 1. The van der Waals surface area contributed by atoms with Crippen LogP contribution in [0.15, 0.2) is 52.9 Å². The Hall–Kier alpha value is -3.54. The van der Waals surface area contributed by atoms with Gasteiger partial charge in [0.05, 0.1) is 0 Å². The predicted molar refractivity (Wildman–Crippen MR) is 104 cm³/mol. The Labute approximate surface area is 149 Å². The van der Waals surface area contributed by atoms with E-state index in [0.29, 0.717) is 11.1 Å². The van der Waals surface area contributed by atoms with Crippen LogP contribution >= 0.6 is 0 Å². The van der Waals surface area contributed by atoms with Crippen LogP contribution in [0.25, 0.3) is 21.9 Å². The molecule has 0 spiro atoms. The van der Waals surface area contributed by atoms with Gasteiger partial charge in [-0.15, -0.1) is 0 Å². The molecule has 0 atom stereocenters. The van der Waals surface area contributed by atoms with E-state index in [1.54, 1.807) is 6.07 Å². The first kappa shape index (κ1) is 16.0. The lowest BCUT2D eigenvalue weighted by molar-refractivity contribution is 0.546. The summed E-state index contributed by atoms with van der Waals surface area (Å²) in [7, 11) is 0. The molecular formula is C20H19N5O. The van der Waals surface area contributed by atoms with Gasteiger partial charge in [-0.3, -0.25) is 10.8 Å². The zero-order chi connectivity index (χ0) is 18.3. The van der Waals surface area contributed by atoms with Gasteiger partial charge in [0, 0.05) is 34.1 Å². The first-order valence-corrected chi connectivity index (χ1v) is 8.32. The first-order chi connectivity index (χ1) is 12.5. The monoisotopic (exact) mass is 345 g/mol. The van der Waals surface area contributed by atoms with Crippen molar-refractivity contribution in [2.75, 3.05) is 0 Å². The predicted octanol–water partition coefficient (Wildman–Crippen LogP) is 3.27. The number of nitrogens with one attached hydrogen (secondary N) is 3. The molecule has 130 valence electrons. The normalized spacial score (nSPS) is 11.2. The van der Waals surface area contributed by atoms with Gasteiger partial charge in [-0.05, 0) is 48.2 Å². The Morgan fingerprint density at radius 2 is 1.58 bits per heavy atom. The molecule has 0 unspecified atom stereocenters. The summed E-state index contributed by atoms with van der Waals surface area (Å²) in [6.07, 6.45) is 1.57. The molecule has 0 aliphatic carbocycles. The number of benzene rings is 2. The van der Waals surface area contributed by atoms with E-state index < -0.39 is 0 Å². The summed E-state index contributed by atoms with van der Waals surface area (Å²) in [5.41, 5.74) is 15.4. The Balaban J connectivity index is 1.54. The maximum Gasteiger partial charge on any atom is 0.134 e. The van der Waals surface area contributed by atoms with Crippen LogP contribution < -0.4 is 11.5 Å². The lowest BCUT2D eigenvalue weighted by Gasteiger charge is -1.97. The molecule has 0 radical (unpaired) electrons. The van der Waals surface area contributed by atoms with Crippen LogP contribution in [-0.4, -0.2) is 16.7 Å². The van der Waals surface area contributed by atoms with Crippen molar-refractivity contribution in [2.24, 2.45) is 11.5 Å². The fourth-order valence-corrected chi connectivity index (χ4v) is 3.14. The Bertz CT molecular complexity index is 1060. The van der Waals surface area contributed by atoms with Crippen molar-refractivity contribution in [1.29, 1.82) is 10.8 Å². The summed E-state index contributed by atoms with van der Waals surface area (Å²) in [4.78, 5) is 3.38. The minimum atomic E-state index is 0.0534. The van der Waals surface area contributed by atoms with E-state index in [1.165, 1.54) is 0 Å². The Morgan fingerprint density at radius 1 is 0.846 bits per heavy atom. The van der Waals surface area contributed by atoms with E-state index in [-0.39, 0.29) is 11.7 Å². The lowest BCUT2D eigenvalue weighted by Crippen LogP contribution is -2.10. The molecule has 2 aromatic carbocycles. The lowest BCUT2D eigenvalue weighted by atomic mass is 10.1. The average Bonchev–Trinajstić information content (AvgIpc) is 3.21. The number of furan rings is 1. The van der Waals surface area contributed by atoms with Gasteiger partial charge in [0.2, 0.25) is 0 Å². The number of hydrogen-bond donors (Lipinski definition) is 5. The van der Waals surface area contributed by atoms with Gasteiger partial charge in [0.15, 0.2) is 0 Å². The van der Waals surface area contributed by atoms with E-state index in [2.05, 4.69) is 11.1 Å². The molecule has 0 bridgehead atoms. The maximum atomic E-state index is 7.54. The van der Waals surface area contributed by atoms with Crippen molar-refractivity contribution in [3.05, 3.63) is 71.1 Å². The maximum absolute atomic E-state index is 7.54. The van der Waals surface area contributed by atoms with Crippen molar-refractivity contribution < 1.29 is 4.42 Å². The smallest absolute Gasteiger partial charge is 0.134 e. The topological polar surface area (TPSA) is 129 Å². The number of rotatable bonds is 5.